The summed E-state index contributed by atoms with van der Waals surface area (Å²) in [5.41, 5.74) is 19.5. The van der Waals surface area contributed by atoms with Gasteiger partial charge in [-0.25, -0.2) is 19.9 Å². The van der Waals surface area contributed by atoms with Crippen LogP contribution >= 0.6 is 0 Å². The van der Waals surface area contributed by atoms with Crippen LogP contribution in [0.3, 0.4) is 0 Å². The number of nitrogens with two attached hydrogens (primary N) is 4. The summed E-state index contributed by atoms with van der Waals surface area (Å²) >= 11 is 0. The molecule has 22 nitrogen and oxygen atoms in total. The molecule has 0 radical (unpaired) electrons. The normalized spacial score (nSPS) is 26.8. The number of primary amides is 2. The lowest BCUT2D eigenvalue weighted by Crippen LogP contribution is -2.34. The van der Waals surface area contributed by atoms with Gasteiger partial charge in [-0.3, -0.25) is 19.2 Å². The van der Waals surface area contributed by atoms with Crippen molar-refractivity contribution >= 4 is 45.5 Å². The summed E-state index contributed by atoms with van der Waals surface area (Å²) in [7, 11) is 0. The number of nitrogen functional groups attached to an aromatic ring is 2. The highest BCUT2D eigenvalue weighted by molar-refractivity contribution is 5.98. The van der Waals surface area contributed by atoms with E-state index in [-0.39, 0.29) is 33.7 Å². The van der Waals surface area contributed by atoms with E-state index in [1.165, 1.54) is 9.13 Å². The monoisotopic (exact) mass is 674 g/mol. The molecule has 22 heteroatoms. The van der Waals surface area contributed by atoms with Gasteiger partial charge >= 0.3 is 0 Å². The number of ether oxygens (including phenoxy) is 2. The Kier molecular flexibility index (Phi) is 9.34. The minimum Gasteiger partial charge on any atom is -0.394 e. The average Bonchev–Trinajstić information content (AvgIpc) is 3.50. The number of carbonyl (C=O) groups is 2. The minimum absolute atomic E-state index is 0.00709. The van der Waals surface area contributed by atoms with Gasteiger partial charge < -0.3 is 72.2 Å². The van der Waals surface area contributed by atoms with Gasteiger partial charge in [-0.05, 0) is 0 Å². The Balaban J connectivity index is 0.000000188. The van der Waals surface area contributed by atoms with Crippen LogP contribution in [0.2, 0.25) is 0 Å². The van der Waals surface area contributed by atoms with Gasteiger partial charge in [-0.15, -0.1) is 0 Å². The molecule has 2 fully saturated rings. The van der Waals surface area contributed by atoms with E-state index in [1.54, 1.807) is 0 Å². The fourth-order valence-electron chi connectivity index (χ4n) is 5.35. The molecule has 0 unspecified atom stereocenters. The number of pyridine rings is 2. The second-order valence-corrected chi connectivity index (χ2v) is 10.7. The van der Waals surface area contributed by atoms with Gasteiger partial charge in [0.05, 0.1) is 13.2 Å². The number of aromatic nitrogens is 6. The lowest BCUT2D eigenvalue weighted by atomic mass is 10.1. The van der Waals surface area contributed by atoms with Crippen molar-refractivity contribution in [3.05, 3.63) is 56.6 Å². The van der Waals surface area contributed by atoms with Crippen molar-refractivity contribution in [3.63, 3.8) is 0 Å². The SMILES string of the molecule is NC(=O)c1cn([C@@H]2O[C@H](CO)[C@@H](O)[C@H]2O)c2ncnc(N)c2c1=O.NC(=O)c1cn([C@@H]2O[C@H](CO)[C@@H](O)[C@H]2O)c2ncnc(N)c2c1=O. The van der Waals surface area contributed by atoms with Crippen molar-refractivity contribution in [2.75, 3.05) is 24.7 Å². The highest BCUT2D eigenvalue weighted by Crippen LogP contribution is 2.33. The number of anilines is 2. The second-order valence-electron chi connectivity index (χ2n) is 10.7. The highest BCUT2D eigenvalue weighted by atomic mass is 16.6. The molecule has 8 atom stereocenters. The van der Waals surface area contributed by atoms with Crippen LogP contribution < -0.4 is 33.8 Å². The van der Waals surface area contributed by atoms with Crippen LogP contribution in [0.15, 0.2) is 34.6 Å². The molecule has 48 heavy (non-hydrogen) atoms. The highest BCUT2D eigenvalue weighted by Gasteiger charge is 2.45. The molecule has 14 N–H and O–H groups in total. The van der Waals surface area contributed by atoms with Crippen LogP contribution in [0.25, 0.3) is 22.1 Å². The lowest BCUT2D eigenvalue weighted by molar-refractivity contribution is -0.0511. The summed E-state index contributed by atoms with van der Waals surface area (Å²) in [6.45, 7) is -1.07. The van der Waals surface area contributed by atoms with Gasteiger partial charge in [0.2, 0.25) is 10.9 Å². The van der Waals surface area contributed by atoms with E-state index in [0.717, 1.165) is 25.0 Å². The van der Waals surface area contributed by atoms with E-state index < -0.39 is 96.1 Å². The van der Waals surface area contributed by atoms with Crippen LogP contribution in [-0.4, -0.2) is 121 Å². The first kappa shape index (κ1) is 34.1. The zero-order valence-electron chi connectivity index (χ0n) is 24.5. The second kappa shape index (κ2) is 13.1. The van der Waals surface area contributed by atoms with E-state index in [2.05, 4.69) is 19.9 Å². The van der Waals surface area contributed by atoms with E-state index in [9.17, 15) is 49.8 Å². The zero-order chi connectivity index (χ0) is 35.2. The number of aliphatic hydroxyl groups excluding tert-OH is 6. The summed E-state index contributed by atoms with van der Waals surface area (Å²) < 4.78 is 13.1. The van der Waals surface area contributed by atoms with E-state index in [4.69, 9.17) is 32.4 Å². The molecule has 6 rings (SSSR count). The fourth-order valence-corrected chi connectivity index (χ4v) is 5.35. The Morgan fingerprint density at radius 3 is 1.31 bits per heavy atom. The van der Waals surface area contributed by atoms with Crippen molar-refractivity contribution < 1.29 is 49.7 Å². The quantitative estimate of drug-likeness (QED) is 0.0910. The number of rotatable bonds is 6. The van der Waals surface area contributed by atoms with Gasteiger partial charge in [0.15, 0.2) is 23.8 Å². The van der Waals surface area contributed by atoms with Crippen LogP contribution in [0.5, 0.6) is 0 Å². The predicted molar refractivity (Wildman–Crippen MR) is 159 cm³/mol. The first-order valence-electron chi connectivity index (χ1n) is 13.9. The van der Waals surface area contributed by atoms with Crippen molar-refractivity contribution in [2.45, 2.75) is 49.1 Å². The molecule has 6 heterocycles. The summed E-state index contributed by atoms with van der Waals surface area (Å²) in [5.74, 6) is -2.36. The smallest absolute Gasteiger partial charge is 0.254 e. The fraction of sp³-hybridized carbons (Fsp3) is 0.385. The van der Waals surface area contributed by atoms with Crippen molar-refractivity contribution in [1.29, 1.82) is 0 Å². The number of hydrogen-bond acceptors (Lipinski definition) is 18. The Morgan fingerprint density at radius 1 is 0.667 bits per heavy atom. The Bertz CT molecular complexity index is 1880. The number of aliphatic hydroxyl groups is 6. The van der Waals surface area contributed by atoms with Crippen LogP contribution in [0, 0.1) is 0 Å². The van der Waals surface area contributed by atoms with E-state index in [0.29, 0.717) is 0 Å². The van der Waals surface area contributed by atoms with Crippen molar-refractivity contribution in [2.24, 2.45) is 11.5 Å². The maximum absolute atomic E-state index is 12.4. The van der Waals surface area contributed by atoms with Crippen LogP contribution in [-0.2, 0) is 9.47 Å². The van der Waals surface area contributed by atoms with Gasteiger partial charge in [0, 0.05) is 12.4 Å². The maximum Gasteiger partial charge on any atom is 0.254 e. The first-order valence-corrected chi connectivity index (χ1v) is 13.9. The molecule has 2 saturated heterocycles. The third kappa shape index (κ3) is 5.67. The maximum atomic E-state index is 12.4. The summed E-state index contributed by atoms with van der Waals surface area (Å²) in [5, 5.41) is 58.2. The topological polar surface area (TPSA) is 374 Å². The van der Waals surface area contributed by atoms with E-state index >= 15 is 0 Å². The number of amides is 2. The molecular weight excluding hydrogens is 644 g/mol. The average molecular weight is 675 g/mol. The third-order valence-corrected chi connectivity index (χ3v) is 7.80. The molecule has 2 aliphatic heterocycles. The molecule has 2 aliphatic rings. The Hall–Kier alpha value is -5.20. The molecule has 4 aromatic heterocycles. The Morgan fingerprint density at radius 2 is 1.02 bits per heavy atom. The Labute approximate surface area is 266 Å². The zero-order valence-corrected chi connectivity index (χ0v) is 24.5. The molecule has 2 amide bonds. The molecule has 0 aliphatic carbocycles. The molecule has 0 aromatic carbocycles. The molecule has 256 valence electrons. The van der Waals surface area contributed by atoms with Crippen LogP contribution in [0.4, 0.5) is 11.6 Å². The van der Waals surface area contributed by atoms with Crippen molar-refractivity contribution in [1.82, 2.24) is 29.1 Å². The molecule has 0 bridgehead atoms. The third-order valence-electron chi connectivity index (χ3n) is 7.80. The molecule has 4 aromatic rings. The number of carbonyl (C=O) groups excluding carboxylic acids is 2. The standard InChI is InChI=1S/2C13H15N5O6/c2*14-10-6-7(20)4(11(15)23)1-18(12(6)17-3-16-10)13-9(22)8(21)5(2-19)24-13/h2*1,3,5,8-9,13,19,21-22H,2H2,(H2,15,23)(H2,14,16,17)/t2*5-,8-,9-,13-/m11/s1. The number of fused-ring (bicyclic) bond motifs is 2. The van der Waals surface area contributed by atoms with Gasteiger partial charge in [0.1, 0.15) is 82.8 Å². The predicted octanol–water partition coefficient (Wildman–Crippen LogP) is -5.83. The lowest BCUT2D eigenvalue weighted by Gasteiger charge is -2.21. The van der Waals surface area contributed by atoms with Gasteiger partial charge in [-0.2, -0.15) is 0 Å². The van der Waals surface area contributed by atoms with E-state index in [1.807, 2.05) is 0 Å². The summed E-state index contributed by atoms with van der Waals surface area (Å²) in [6, 6.07) is 0. The van der Waals surface area contributed by atoms with Crippen molar-refractivity contribution in [3.8, 4) is 0 Å². The van der Waals surface area contributed by atoms with Gasteiger partial charge in [-0.1, -0.05) is 0 Å². The number of nitrogens with zero attached hydrogens (tertiary/aromatic N) is 6. The first-order chi connectivity index (χ1) is 22.7. The minimum atomic E-state index is -1.44. The summed E-state index contributed by atoms with van der Waals surface area (Å²) in [4.78, 5) is 63.1. The molecule has 0 spiro atoms. The van der Waals surface area contributed by atoms with Gasteiger partial charge in [0.25, 0.3) is 11.8 Å². The molecule has 0 saturated carbocycles. The number of hydrogen-bond donors (Lipinski definition) is 10. The molecular formula is C26H30N10O12. The van der Waals surface area contributed by atoms with Crippen LogP contribution in [0.1, 0.15) is 33.2 Å². The summed E-state index contributed by atoms with van der Waals surface area (Å²) in [6.07, 6.45) is -5.81. The largest absolute Gasteiger partial charge is 0.394 e.